The topological polar surface area (TPSA) is 60.0 Å². The van der Waals surface area contributed by atoms with E-state index in [1.807, 2.05) is 0 Å². The van der Waals surface area contributed by atoms with Gasteiger partial charge in [0.25, 0.3) is 0 Å². The molecule has 0 aliphatic carbocycles. The van der Waals surface area contributed by atoms with Crippen molar-refractivity contribution in [2.24, 2.45) is 23.7 Å². The molecule has 31 heavy (non-hydrogen) atoms. The van der Waals surface area contributed by atoms with Crippen molar-refractivity contribution in [2.75, 3.05) is 52.4 Å². The summed E-state index contributed by atoms with van der Waals surface area (Å²) in [6, 6.07) is 0. The molecule has 4 heteroatoms. The summed E-state index contributed by atoms with van der Waals surface area (Å²) in [5.74, 6) is 3.97. The van der Waals surface area contributed by atoms with Crippen molar-refractivity contribution in [3.8, 4) is 0 Å². The van der Waals surface area contributed by atoms with Crippen LogP contribution < -0.4 is 0 Å². The molecular weight excluding hydrogens is 384 g/mol. The number of hydrogen-bond donors (Lipinski definition) is 0. The Morgan fingerprint density at radius 2 is 0.742 bits per heavy atom. The molecule has 0 aromatic heterocycles. The highest BCUT2D eigenvalue weighted by Crippen LogP contribution is 2.36. The molecule has 4 atom stereocenters. The normalized spacial score (nSPS) is 35.0. The molecule has 2 fully saturated rings. The van der Waals surface area contributed by atoms with Gasteiger partial charge < -0.3 is 19.9 Å². The number of hydrogen-bond acceptors (Lipinski definition) is 2. The molecule has 0 radical (unpaired) electrons. The van der Waals surface area contributed by atoms with Crippen molar-refractivity contribution in [3.63, 3.8) is 0 Å². The first-order valence-electron chi connectivity index (χ1n) is 13.7. The Balaban J connectivity index is 0.00000450. The van der Waals surface area contributed by atoms with E-state index in [2.05, 4.69) is 41.5 Å². The second kappa shape index (κ2) is 14.9. The molecule has 4 unspecified atom stereocenters. The predicted octanol–water partition coefficient (Wildman–Crippen LogP) is 6.39. The van der Waals surface area contributed by atoms with Crippen molar-refractivity contribution in [1.29, 1.82) is 0 Å². The summed E-state index contributed by atoms with van der Waals surface area (Å²) < 4.78 is 2.91. The van der Waals surface area contributed by atoms with Crippen LogP contribution in [0.3, 0.4) is 0 Å². The average molecular weight is 443 g/mol. The van der Waals surface area contributed by atoms with E-state index in [0.29, 0.717) is 0 Å². The van der Waals surface area contributed by atoms with Crippen LogP contribution in [0.1, 0.15) is 99.3 Å². The van der Waals surface area contributed by atoms with E-state index in [1.54, 1.807) is 0 Å². The predicted molar refractivity (Wildman–Crippen MR) is 133 cm³/mol. The number of unbranched alkanes of at least 4 members (excludes halogenated alkanes) is 2. The molecule has 2 saturated heterocycles. The van der Waals surface area contributed by atoms with Crippen molar-refractivity contribution in [3.05, 3.63) is 0 Å². The van der Waals surface area contributed by atoms with Crippen LogP contribution in [0.4, 0.5) is 0 Å². The molecule has 0 aromatic carbocycles. The summed E-state index contributed by atoms with van der Waals surface area (Å²) in [7, 11) is 0. The largest absolute Gasteiger partial charge is 0.870 e. The zero-order valence-electron chi connectivity index (χ0n) is 22.1. The van der Waals surface area contributed by atoms with Gasteiger partial charge in [-0.15, -0.1) is 0 Å². The number of likely N-dealkylation sites (tertiary alicyclic amines) is 2. The van der Waals surface area contributed by atoms with Crippen LogP contribution >= 0.6 is 0 Å². The second-order valence-electron chi connectivity index (χ2n) is 11.0. The molecule has 0 bridgehead atoms. The summed E-state index contributed by atoms with van der Waals surface area (Å²) in [6.45, 7) is 26.2. The summed E-state index contributed by atoms with van der Waals surface area (Å²) in [5, 5.41) is 0. The van der Waals surface area contributed by atoms with Crippen LogP contribution in [0.2, 0.25) is 0 Å². The minimum atomic E-state index is 0. The Bertz CT molecular complexity index is 393. The Morgan fingerprint density at radius 3 is 0.968 bits per heavy atom. The first-order chi connectivity index (χ1) is 14.0. The smallest absolute Gasteiger partial charge is 0.0820 e. The highest BCUT2D eigenvalue weighted by atomic mass is 16.0. The third-order valence-corrected chi connectivity index (χ3v) is 9.08. The number of nitrogens with zero attached hydrogens (tertiary/aromatic N) is 2. The number of quaternary nitrogens is 2. The highest BCUT2D eigenvalue weighted by Gasteiger charge is 2.43. The third kappa shape index (κ3) is 7.98. The summed E-state index contributed by atoms with van der Waals surface area (Å²) in [5.41, 5.74) is 0. The van der Waals surface area contributed by atoms with E-state index in [-0.39, 0.29) is 11.0 Å². The lowest BCUT2D eigenvalue weighted by atomic mass is 9.92. The second-order valence-corrected chi connectivity index (χ2v) is 11.0. The van der Waals surface area contributed by atoms with Crippen molar-refractivity contribution in [2.45, 2.75) is 99.3 Å². The highest BCUT2D eigenvalue weighted by molar-refractivity contribution is 4.76. The van der Waals surface area contributed by atoms with Gasteiger partial charge in [0.15, 0.2) is 0 Å². The molecule has 0 spiro atoms. The van der Waals surface area contributed by atoms with Gasteiger partial charge in [-0.25, -0.2) is 0 Å². The van der Waals surface area contributed by atoms with Gasteiger partial charge in [0.2, 0.25) is 0 Å². The van der Waals surface area contributed by atoms with E-state index in [4.69, 9.17) is 0 Å². The minimum Gasteiger partial charge on any atom is -0.870 e. The van der Waals surface area contributed by atoms with Crippen molar-refractivity contribution >= 4 is 0 Å². The SMILES string of the molecule is CCC[N+]1(CCCCC[N+]2(CCC)CC(CC)C(CC)C2)CC(CC)C(CC)C1.[OH-].[OH-]. The number of rotatable bonds is 14. The van der Waals surface area contributed by atoms with Crippen molar-refractivity contribution < 1.29 is 19.9 Å². The molecule has 0 aromatic rings. The molecule has 2 N–H and O–H groups in total. The van der Waals surface area contributed by atoms with Crippen LogP contribution in [0.25, 0.3) is 0 Å². The molecule has 2 rings (SSSR count). The van der Waals surface area contributed by atoms with Crippen LogP contribution in [0.5, 0.6) is 0 Å². The Hall–Kier alpha value is -0.160. The van der Waals surface area contributed by atoms with Crippen molar-refractivity contribution in [1.82, 2.24) is 0 Å². The minimum absolute atomic E-state index is 0. The van der Waals surface area contributed by atoms with Gasteiger partial charge in [0.05, 0.1) is 52.4 Å². The van der Waals surface area contributed by atoms with E-state index < -0.39 is 0 Å². The molecule has 188 valence electrons. The van der Waals surface area contributed by atoms with E-state index >= 15 is 0 Å². The van der Waals surface area contributed by atoms with E-state index in [1.165, 1.54) is 119 Å². The molecule has 0 amide bonds. The molecule has 2 heterocycles. The first-order valence-corrected chi connectivity index (χ1v) is 13.7. The Kier molecular flexibility index (Phi) is 14.8. The van der Waals surface area contributed by atoms with Crippen LogP contribution in [-0.2, 0) is 0 Å². The van der Waals surface area contributed by atoms with E-state index in [9.17, 15) is 0 Å². The Morgan fingerprint density at radius 1 is 0.452 bits per heavy atom. The maximum absolute atomic E-state index is 2.43. The van der Waals surface area contributed by atoms with Crippen LogP contribution in [0.15, 0.2) is 0 Å². The zero-order valence-corrected chi connectivity index (χ0v) is 22.1. The fourth-order valence-electron chi connectivity index (χ4n) is 7.56. The van der Waals surface area contributed by atoms with Gasteiger partial charge in [-0.05, 0) is 57.8 Å². The summed E-state index contributed by atoms with van der Waals surface area (Å²) in [4.78, 5) is 0. The fraction of sp³-hybridized carbons (Fsp3) is 1.00. The van der Waals surface area contributed by atoms with Gasteiger partial charge in [0, 0.05) is 23.7 Å². The monoisotopic (exact) mass is 442 g/mol. The molecule has 4 nitrogen and oxygen atoms in total. The van der Waals surface area contributed by atoms with Crippen LogP contribution in [0, 0.1) is 23.7 Å². The zero-order chi connectivity index (χ0) is 21.3. The quantitative estimate of drug-likeness (QED) is 0.231. The van der Waals surface area contributed by atoms with Crippen LogP contribution in [-0.4, -0.2) is 72.3 Å². The molecular formula is C27H58N2O2. The summed E-state index contributed by atoms with van der Waals surface area (Å²) >= 11 is 0. The first kappa shape index (κ1) is 30.8. The van der Waals surface area contributed by atoms with Gasteiger partial charge in [-0.1, -0.05) is 41.5 Å². The lowest BCUT2D eigenvalue weighted by molar-refractivity contribution is -0.921. The fourth-order valence-corrected chi connectivity index (χ4v) is 7.56. The average Bonchev–Trinajstić information content (AvgIpc) is 3.26. The summed E-state index contributed by atoms with van der Waals surface area (Å²) in [6.07, 6.45) is 12.7. The maximum Gasteiger partial charge on any atom is 0.0820 e. The van der Waals surface area contributed by atoms with Gasteiger partial charge in [-0.3, -0.25) is 0 Å². The molecule has 2 aliphatic rings. The maximum atomic E-state index is 2.43. The van der Waals surface area contributed by atoms with E-state index in [0.717, 1.165) is 23.7 Å². The Labute approximate surface area is 195 Å². The van der Waals surface area contributed by atoms with Gasteiger partial charge in [0.1, 0.15) is 0 Å². The third-order valence-electron chi connectivity index (χ3n) is 9.08. The lowest BCUT2D eigenvalue weighted by Crippen LogP contribution is -2.48. The lowest BCUT2D eigenvalue weighted by Gasteiger charge is -2.36. The van der Waals surface area contributed by atoms with Gasteiger partial charge in [-0.2, -0.15) is 0 Å². The van der Waals surface area contributed by atoms with Gasteiger partial charge >= 0.3 is 0 Å². The standard InChI is InChI=1S/C27H56N2.2H2O/c1-7-16-28(20-24(9-3)25(10-4)21-28)18-14-13-15-19-29(17-8-2)22-26(11-5)27(12-6)23-29;;/h24-27H,7-23H2,1-6H3;2*1H2/q+2;;/p-2. The molecule has 2 aliphatic heterocycles. The molecule has 0 saturated carbocycles.